The van der Waals surface area contributed by atoms with Crippen LogP contribution in [-0.2, 0) is 4.79 Å². The summed E-state index contributed by atoms with van der Waals surface area (Å²) in [5, 5.41) is 11.3. The van der Waals surface area contributed by atoms with E-state index in [2.05, 4.69) is 15.5 Å². The van der Waals surface area contributed by atoms with Crippen molar-refractivity contribution in [2.24, 2.45) is 0 Å². The second-order valence-corrected chi connectivity index (χ2v) is 6.78. The van der Waals surface area contributed by atoms with Crippen molar-refractivity contribution < 1.29 is 18.7 Å². The second kappa shape index (κ2) is 8.70. The highest BCUT2D eigenvalue weighted by atomic mass is 32.2. The minimum absolute atomic E-state index is 0.129. The van der Waals surface area contributed by atoms with Crippen LogP contribution in [0.5, 0.6) is 11.5 Å². The zero-order valence-electron chi connectivity index (χ0n) is 15.7. The van der Waals surface area contributed by atoms with Gasteiger partial charge in [0.05, 0.1) is 32.3 Å². The minimum atomic E-state index is -0.271. The van der Waals surface area contributed by atoms with Crippen molar-refractivity contribution in [1.82, 2.24) is 20.2 Å². The molecule has 1 amide bonds. The summed E-state index contributed by atoms with van der Waals surface area (Å²) in [6.07, 6.45) is 1.53. The number of ether oxygens (including phenoxy) is 2. The molecule has 0 aliphatic carbocycles. The van der Waals surface area contributed by atoms with Crippen LogP contribution in [0, 0.1) is 0 Å². The Kier molecular flexibility index (Phi) is 6.09. The maximum absolute atomic E-state index is 12.4. The molecule has 3 rings (SSSR count). The Bertz CT molecular complexity index is 942. The number of thioether (sulfide) groups is 1. The van der Waals surface area contributed by atoms with E-state index in [0.717, 1.165) is 5.56 Å². The summed E-state index contributed by atoms with van der Waals surface area (Å²) in [5.74, 6) is 8.20. The summed E-state index contributed by atoms with van der Waals surface area (Å²) in [6.45, 7) is 1.88. The van der Waals surface area contributed by atoms with Crippen LogP contribution in [0.2, 0.25) is 0 Å². The Morgan fingerprint density at radius 3 is 2.82 bits per heavy atom. The number of furan rings is 1. The lowest BCUT2D eigenvalue weighted by Crippen LogP contribution is -2.28. The monoisotopic (exact) mass is 403 g/mol. The molecule has 2 heterocycles. The molecule has 3 aromatic rings. The van der Waals surface area contributed by atoms with Crippen LogP contribution >= 0.6 is 11.8 Å². The van der Waals surface area contributed by atoms with E-state index in [1.54, 1.807) is 38.5 Å². The van der Waals surface area contributed by atoms with Gasteiger partial charge in [0.25, 0.3) is 0 Å². The van der Waals surface area contributed by atoms with E-state index >= 15 is 0 Å². The van der Waals surface area contributed by atoms with Crippen molar-refractivity contribution in [2.45, 2.75) is 18.1 Å². The highest BCUT2D eigenvalue weighted by Crippen LogP contribution is 2.29. The van der Waals surface area contributed by atoms with Crippen molar-refractivity contribution >= 4 is 17.7 Å². The molecule has 28 heavy (non-hydrogen) atoms. The van der Waals surface area contributed by atoms with E-state index in [0.29, 0.717) is 28.2 Å². The number of methoxy groups -OCH3 is 2. The maximum atomic E-state index is 12.4. The van der Waals surface area contributed by atoms with Gasteiger partial charge < -0.3 is 25.1 Å². The molecular formula is C18H21N5O4S. The van der Waals surface area contributed by atoms with E-state index in [1.165, 1.54) is 22.7 Å². The van der Waals surface area contributed by atoms with Crippen molar-refractivity contribution in [3.05, 3.63) is 42.2 Å². The fourth-order valence-electron chi connectivity index (χ4n) is 2.62. The molecule has 2 aromatic heterocycles. The van der Waals surface area contributed by atoms with Gasteiger partial charge in [0.15, 0.2) is 5.76 Å². The number of nitrogens with zero attached hydrogens (tertiary/aromatic N) is 3. The van der Waals surface area contributed by atoms with Gasteiger partial charge in [0.2, 0.25) is 16.9 Å². The zero-order valence-corrected chi connectivity index (χ0v) is 16.5. The molecule has 0 bridgehead atoms. The lowest BCUT2D eigenvalue weighted by atomic mass is 10.1. The Morgan fingerprint density at radius 2 is 2.14 bits per heavy atom. The first-order valence-corrected chi connectivity index (χ1v) is 9.40. The van der Waals surface area contributed by atoms with Gasteiger partial charge >= 0.3 is 0 Å². The average molecular weight is 403 g/mol. The molecule has 0 aliphatic heterocycles. The maximum Gasteiger partial charge on any atom is 0.230 e. The summed E-state index contributed by atoms with van der Waals surface area (Å²) in [5.41, 5.74) is 0.822. The molecule has 1 atom stereocenters. The number of carbonyl (C=O) groups excluding carboxylic acids is 1. The van der Waals surface area contributed by atoms with Gasteiger partial charge in [-0.25, -0.2) is 4.68 Å². The normalized spacial score (nSPS) is 11.8. The van der Waals surface area contributed by atoms with Crippen molar-refractivity contribution in [1.29, 1.82) is 0 Å². The quantitative estimate of drug-likeness (QED) is 0.434. The van der Waals surface area contributed by atoms with Gasteiger partial charge in [-0.05, 0) is 37.3 Å². The highest BCUT2D eigenvalue weighted by molar-refractivity contribution is 7.99. The van der Waals surface area contributed by atoms with Crippen LogP contribution in [0.4, 0.5) is 0 Å². The number of nitrogen functional groups attached to an aromatic ring is 1. The van der Waals surface area contributed by atoms with Crippen molar-refractivity contribution in [3.8, 4) is 23.1 Å². The van der Waals surface area contributed by atoms with Gasteiger partial charge in [-0.1, -0.05) is 11.8 Å². The SMILES string of the molecule is COc1ccc(OC)c([C@H](C)NC(=O)CSc2nnc(-c3ccco3)n2N)c1. The highest BCUT2D eigenvalue weighted by Gasteiger charge is 2.18. The van der Waals surface area contributed by atoms with Gasteiger partial charge in [0, 0.05) is 5.56 Å². The Labute approximate surface area is 166 Å². The molecule has 0 saturated heterocycles. The summed E-state index contributed by atoms with van der Waals surface area (Å²) in [7, 11) is 3.17. The molecule has 0 saturated carbocycles. The molecule has 0 aliphatic rings. The number of amides is 1. The summed E-state index contributed by atoms with van der Waals surface area (Å²) in [4.78, 5) is 12.4. The minimum Gasteiger partial charge on any atom is -0.497 e. The summed E-state index contributed by atoms with van der Waals surface area (Å²) in [6, 6.07) is 8.64. The topological polar surface area (TPSA) is 117 Å². The van der Waals surface area contributed by atoms with Crippen LogP contribution < -0.4 is 20.6 Å². The third-order valence-electron chi connectivity index (χ3n) is 4.02. The number of nitrogens with two attached hydrogens (primary N) is 1. The van der Waals surface area contributed by atoms with Crippen LogP contribution in [0.1, 0.15) is 18.5 Å². The van der Waals surface area contributed by atoms with E-state index in [-0.39, 0.29) is 17.7 Å². The number of rotatable bonds is 8. The molecule has 0 unspecified atom stereocenters. The van der Waals surface area contributed by atoms with Gasteiger partial charge in [0.1, 0.15) is 11.5 Å². The van der Waals surface area contributed by atoms with Crippen molar-refractivity contribution in [3.63, 3.8) is 0 Å². The van der Waals surface area contributed by atoms with Crippen LogP contribution in [-0.4, -0.2) is 40.8 Å². The molecule has 1 aromatic carbocycles. The molecule has 9 nitrogen and oxygen atoms in total. The molecular weight excluding hydrogens is 382 g/mol. The number of nitrogens with one attached hydrogen (secondary N) is 1. The largest absolute Gasteiger partial charge is 0.497 e. The lowest BCUT2D eigenvalue weighted by molar-refractivity contribution is -0.119. The number of hydrogen-bond donors (Lipinski definition) is 2. The van der Waals surface area contributed by atoms with E-state index < -0.39 is 0 Å². The fraction of sp³-hybridized carbons (Fsp3) is 0.278. The molecule has 3 N–H and O–H groups in total. The van der Waals surface area contributed by atoms with Gasteiger partial charge in [-0.15, -0.1) is 10.2 Å². The molecule has 0 spiro atoms. The lowest BCUT2D eigenvalue weighted by Gasteiger charge is -2.18. The van der Waals surface area contributed by atoms with Crippen molar-refractivity contribution in [2.75, 3.05) is 25.8 Å². The molecule has 148 valence electrons. The molecule has 10 heteroatoms. The second-order valence-electron chi connectivity index (χ2n) is 5.84. The zero-order chi connectivity index (χ0) is 20.1. The van der Waals surface area contributed by atoms with Gasteiger partial charge in [-0.2, -0.15) is 0 Å². The third kappa shape index (κ3) is 4.22. The van der Waals surface area contributed by atoms with E-state index in [4.69, 9.17) is 19.7 Å². The Hall–Kier alpha value is -3.14. The third-order valence-corrected chi connectivity index (χ3v) is 4.96. The number of hydrogen-bond acceptors (Lipinski definition) is 8. The first-order valence-electron chi connectivity index (χ1n) is 8.42. The number of carbonyl (C=O) groups is 1. The fourth-order valence-corrected chi connectivity index (χ4v) is 3.29. The Morgan fingerprint density at radius 1 is 1.32 bits per heavy atom. The van der Waals surface area contributed by atoms with E-state index in [9.17, 15) is 4.79 Å². The Balaban J connectivity index is 1.62. The summed E-state index contributed by atoms with van der Waals surface area (Å²) >= 11 is 1.18. The van der Waals surface area contributed by atoms with E-state index in [1.807, 2.05) is 13.0 Å². The molecule has 0 radical (unpaired) electrons. The van der Waals surface area contributed by atoms with Gasteiger partial charge in [-0.3, -0.25) is 4.79 Å². The number of benzene rings is 1. The standard InChI is InChI=1S/C18H21N5O4S/c1-11(13-9-12(25-2)6-7-14(13)26-3)20-16(24)10-28-18-22-21-17(23(18)19)15-5-4-8-27-15/h4-9,11H,10,19H2,1-3H3,(H,20,24)/t11-/m0/s1. The smallest absolute Gasteiger partial charge is 0.230 e. The van der Waals surface area contributed by atoms with Crippen LogP contribution in [0.15, 0.2) is 46.2 Å². The number of aromatic nitrogens is 3. The predicted octanol–water partition coefficient (Wildman–Crippen LogP) is 2.24. The van der Waals surface area contributed by atoms with Crippen LogP contribution in [0.3, 0.4) is 0 Å². The first kappa shape index (κ1) is 19.6. The van der Waals surface area contributed by atoms with Crippen LogP contribution in [0.25, 0.3) is 11.6 Å². The average Bonchev–Trinajstić information content (AvgIpc) is 3.35. The predicted molar refractivity (Wildman–Crippen MR) is 105 cm³/mol. The molecule has 0 fully saturated rings. The summed E-state index contributed by atoms with van der Waals surface area (Å²) < 4.78 is 17.2. The first-order chi connectivity index (χ1) is 13.5.